The summed E-state index contributed by atoms with van der Waals surface area (Å²) in [4.78, 5) is 23.0. The Morgan fingerprint density at radius 3 is 2.65 bits per heavy atom. The molecule has 1 amide bonds. The predicted octanol–water partition coefficient (Wildman–Crippen LogP) is 3.68. The molecule has 0 aromatic heterocycles. The summed E-state index contributed by atoms with van der Waals surface area (Å²) >= 11 is 3.40. The lowest BCUT2D eigenvalue weighted by Gasteiger charge is -2.08. The van der Waals surface area contributed by atoms with Crippen molar-refractivity contribution in [3.63, 3.8) is 0 Å². The van der Waals surface area contributed by atoms with Crippen LogP contribution in [0.1, 0.15) is 32.3 Å². The van der Waals surface area contributed by atoms with Crippen LogP contribution in [0.3, 0.4) is 0 Å². The molecule has 0 heterocycles. The van der Waals surface area contributed by atoms with E-state index >= 15 is 0 Å². The normalized spacial score (nSPS) is 10.4. The minimum atomic E-state index is -0.335. The molecule has 20 heavy (non-hydrogen) atoms. The van der Waals surface area contributed by atoms with Crippen LogP contribution in [0.25, 0.3) is 0 Å². The van der Waals surface area contributed by atoms with Crippen LogP contribution in [-0.4, -0.2) is 18.5 Å². The highest BCUT2D eigenvalue weighted by Gasteiger charge is 2.09. The van der Waals surface area contributed by atoms with Gasteiger partial charge in [0.2, 0.25) is 0 Å². The van der Waals surface area contributed by atoms with Crippen LogP contribution in [0.15, 0.2) is 22.7 Å². The summed E-state index contributed by atoms with van der Waals surface area (Å²) in [5.74, 6) is -0.223. The molecule has 0 saturated carbocycles. The molecule has 0 saturated heterocycles. The zero-order chi connectivity index (χ0) is 15.1. The van der Waals surface area contributed by atoms with Gasteiger partial charge in [0.05, 0.1) is 0 Å². The number of carbonyl (C=O) groups excluding carboxylic acids is 2. The quantitative estimate of drug-likeness (QED) is 0.803. The molecule has 0 radical (unpaired) electrons. The molecule has 0 fully saturated rings. The third kappa shape index (κ3) is 6.19. The number of esters is 1. The number of anilines is 1. The van der Waals surface area contributed by atoms with E-state index in [1.807, 2.05) is 32.9 Å². The molecule has 1 rings (SSSR count). The summed E-state index contributed by atoms with van der Waals surface area (Å²) in [5.41, 5.74) is 1.76. The van der Waals surface area contributed by atoms with Gasteiger partial charge in [-0.15, -0.1) is 0 Å². The standard InChI is InChI=1S/C15H20BrNO3/c1-10(2)4-7-15(19)20-9-14(18)17-12-6-5-11(3)13(16)8-12/h5-6,8,10H,4,7,9H2,1-3H3,(H,17,18). The van der Waals surface area contributed by atoms with Gasteiger partial charge in [-0.3, -0.25) is 9.59 Å². The van der Waals surface area contributed by atoms with Gasteiger partial charge in [-0.1, -0.05) is 35.8 Å². The molecule has 0 unspecified atom stereocenters. The fourth-order valence-corrected chi connectivity index (χ4v) is 1.87. The van der Waals surface area contributed by atoms with Crippen LogP contribution in [0.5, 0.6) is 0 Å². The number of carbonyl (C=O) groups is 2. The Balaban J connectivity index is 2.36. The Morgan fingerprint density at radius 1 is 1.35 bits per heavy atom. The number of amides is 1. The first-order valence-corrected chi connectivity index (χ1v) is 7.39. The smallest absolute Gasteiger partial charge is 0.306 e. The van der Waals surface area contributed by atoms with Crippen molar-refractivity contribution < 1.29 is 14.3 Å². The average Bonchev–Trinajstić information content (AvgIpc) is 2.38. The van der Waals surface area contributed by atoms with Crippen molar-refractivity contribution >= 4 is 33.5 Å². The summed E-state index contributed by atoms with van der Waals surface area (Å²) in [7, 11) is 0. The largest absolute Gasteiger partial charge is 0.456 e. The van der Waals surface area contributed by atoms with Crippen molar-refractivity contribution in [2.24, 2.45) is 5.92 Å². The second kappa shape index (κ2) is 8.04. The monoisotopic (exact) mass is 341 g/mol. The van der Waals surface area contributed by atoms with Gasteiger partial charge in [-0.25, -0.2) is 0 Å². The highest BCUT2D eigenvalue weighted by molar-refractivity contribution is 9.10. The average molecular weight is 342 g/mol. The third-order valence-corrected chi connectivity index (χ3v) is 3.60. The summed E-state index contributed by atoms with van der Waals surface area (Å²) in [6, 6.07) is 5.51. The lowest BCUT2D eigenvalue weighted by atomic mass is 10.1. The lowest BCUT2D eigenvalue weighted by molar-refractivity contribution is -0.147. The second-order valence-electron chi connectivity index (χ2n) is 5.11. The molecule has 4 nitrogen and oxygen atoms in total. The van der Waals surface area contributed by atoms with Crippen molar-refractivity contribution in [3.05, 3.63) is 28.2 Å². The zero-order valence-electron chi connectivity index (χ0n) is 12.0. The van der Waals surface area contributed by atoms with E-state index in [-0.39, 0.29) is 18.5 Å². The number of hydrogen-bond acceptors (Lipinski definition) is 3. The van der Waals surface area contributed by atoms with E-state index < -0.39 is 0 Å². The van der Waals surface area contributed by atoms with Crippen LogP contribution in [-0.2, 0) is 14.3 Å². The molecule has 1 aromatic carbocycles. The fraction of sp³-hybridized carbons (Fsp3) is 0.467. The van der Waals surface area contributed by atoms with Crippen LogP contribution in [0.4, 0.5) is 5.69 Å². The first-order valence-electron chi connectivity index (χ1n) is 6.60. The van der Waals surface area contributed by atoms with E-state index in [1.165, 1.54) is 0 Å². The summed E-state index contributed by atoms with van der Waals surface area (Å²) in [6.07, 6.45) is 1.12. The SMILES string of the molecule is Cc1ccc(NC(=O)COC(=O)CCC(C)C)cc1Br. The van der Waals surface area contributed by atoms with E-state index in [4.69, 9.17) is 4.74 Å². The molecular formula is C15H20BrNO3. The van der Waals surface area contributed by atoms with E-state index in [2.05, 4.69) is 21.2 Å². The van der Waals surface area contributed by atoms with Crippen molar-refractivity contribution in [2.45, 2.75) is 33.6 Å². The van der Waals surface area contributed by atoms with Gasteiger partial charge in [0.1, 0.15) is 0 Å². The maximum absolute atomic E-state index is 11.6. The molecule has 0 bridgehead atoms. The van der Waals surface area contributed by atoms with Crippen molar-refractivity contribution in [1.82, 2.24) is 0 Å². The van der Waals surface area contributed by atoms with Gasteiger partial charge >= 0.3 is 5.97 Å². The van der Waals surface area contributed by atoms with Crippen LogP contribution in [0, 0.1) is 12.8 Å². The number of nitrogens with one attached hydrogen (secondary N) is 1. The molecule has 0 spiro atoms. The number of benzene rings is 1. The van der Waals surface area contributed by atoms with Gasteiger partial charge in [0.25, 0.3) is 5.91 Å². The molecule has 1 aromatic rings. The second-order valence-corrected chi connectivity index (χ2v) is 5.96. The number of rotatable bonds is 6. The molecule has 0 aliphatic rings. The Morgan fingerprint density at radius 2 is 2.05 bits per heavy atom. The zero-order valence-corrected chi connectivity index (χ0v) is 13.6. The molecule has 0 aliphatic carbocycles. The van der Waals surface area contributed by atoms with Crippen molar-refractivity contribution in [3.8, 4) is 0 Å². The highest BCUT2D eigenvalue weighted by Crippen LogP contribution is 2.20. The van der Waals surface area contributed by atoms with E-state index in [1.54, 1.807) is 6.07 Å². The Kier molecular flexibility index (Phi) is 6.71. The Hall–Kier alpha value is -1.36. The van der Waals surface area contributed by atoms with Crippen molar-refractivity contribution in [2.75, 3.05) is 11.9 Å². The minimum absolute atomic E-state index is 0.248. The van der Waals surface area contributed by atoms with E-state index in [0.717, 1.165) is 16.5 Å². The number of aryl methyl sites for hydroxylation is 1. The van der Waals surface area contributed by atoms with Crippen molar-refractivity contribution in [1.29, 1.82) is 0 Å². The fourth-order valence-electron chi connectivity index (χ4n) is 1.49. The Labute approximate surface area is 128 Å². The maximum atomic E-state index is 11.6. The van der Waals surface area contributed by atoms with Crippen LogP contribution >= 0.6 is 15.9 Å². The summed E-state index contributed by atoms with van der Waals surface area (Å²) in [5, 5.41) is 2.68. The highest BCUT2D eigenvalue weighted by atomic mass is 79.9. The first kappa shape index (κ1) is 16.7. The molecule has 5 heteroatoms. The van der Waals surface area contributed by atoms with Crippen LogP contribution < -0.4 is 5.32 Å². The molecule has 110 valence electrons. The topological polar surface area (TPSA) is 55.4 Å². The predicted molar refractivity (Wildman–Crippen MR) is 82.5 cm³/mol. The molecule has 1 N–H and O–H groups in total. The minimum Gasteiger partial charge on any atom is -0.456 e. The first-order chi connectivity index (χ1) is 9.38. The maximum Gasteiger partial charge on any atom is 0.306 e. The van der Waals surface area contributed by atoms with Gasteiger partial charge in [-0.2, -0.15) is 0 Å². The number of ether oxygens (including phenoxy) is 1. The lowest BCUT2D eigenvalue weighted by Crippen LogP contribution is -2.21. The number of halogens is 1. The molecular weight excluding hydrogens is 322 g/mol. The van der Waals surface area contributed by atoms with Crippen LogP contribution in [0.2, 0.25) is 0 Å². The van der Waals surface area contributed by atoms with Gasteiger partial charge < -0.3 is 10.1 Å². The summed E-state index contributed by atoms with van der Waals surface area (Å²) in [6.45, 7) is 5.79. The Bertz CT molecular complexity index is 486. The third-order valence-electron chi connectivity index (χ3n) is 2.75. The van der Waals surface area contributed by atoms with Gasteiger partial charge in [0, 0.05) is 16.6 Å². The van der Waals surface area contributed by atoms with Gasteiger partial charge in [0.15, 0.2) is 6.61 Å². The number of hydrogen-bond donors (Lipinski definition) is 1. The summed E-state index contributed by atoms with van der Waals surface area (Å²) < 4.78 is 5.84. The van der Waals surface area contributed by atoms with Gasteiger partial charge in [-0.05, 0) is 37.0 Å². The molecule has 0 aliphatic heterocycles. The molecule has 0 atom stereocenters. The van der Waals surface area contributed by atoms with E-state index in [0.29, 0.717) is 18.0 Å². The van der Waals surface area contributed by atoms with E-state index in [9.17, 15) is 9.59 Å².